The molecular weight excluding hydrogens is 324 g/mol. The van der Waals surface area contributed by atoms with Crippen LogP contribution in [0.1, 0.15) is 48.8 Å². The van der Waals surface area contributed by atoms with Crippen molar-refractivity contribution in [2.24, 2.45) is 0 Å². The fourth-order valence-corrected chi connectivity index (χ4v) is 3.02. The van der Waals surface area contributed by atoms with Crippen LogP contribution in [0.3, 0.4) is 0 Å². The molecule has 0 saturated carbocycles. The lowest BCUT2D eigenvalue weighted by molar-refractivity contribution is 0.0531. The van der Waals surface area contributed by atoms with E-state index in [1.165, 1.54) is 6.92 Å². The van der Waals surface area contributed by atoms with E-state index in [2.05, 4.69) is 10.3 Å². The van der Waals surface area contributed by atoms with Gasteiger partial charge in [-0.25, -0.2) is 14.6 Å². The number of ether oxygens (including phenoxy) is 1. The van der Waals surface area contributed by atoms with Crippen LogP contribution < -0.4 is 5.32 Å². The lowest BCUT2D eigenvalue weighted by Crippen LogP contribution is -2.15. The van der Waals surface area contributed by atoms with Crippen molar-refractivity contribution >= 4 is 34.2 Å². The van der Waals surface area contributed by atoms with Crippen molar-refractivity contribution in [3.05, 3.63) is 33.9 Å². The summed E-state index contributed by atoms with van der Waals surface area (Å²) < 4.78 is 9.83. The fraction of sp³-hybridized carbons (Fsp3) is 0.286. The zero-order valence-electron chi connectivity index (χ0n) is 12.6. The molecular formula is C14H14N2O6S. The highest BCUT2D eigenvalue weighted by molar-refractivity contribution is 7.18. The fourth-order valence-electron chi connectivity index (χ4n) is 1.94. The molecule has 0 unspecified atom stereocenters. The Balaban J connectivity index is 2.40. The number of rotatable bonds is 5. The van der Waals surface area contributed by atoms with Gasteiger partial charge in [0.1, 0.15) is 15.6 Å². The third-order valence-electron chi connectivity index (χ3n) is 3.01. The van der Waals surface area contributed by atoms with E-state index in [1.54, 1.807) is 13.8 Å². The van der Waals surface area contributed by atoms with Crippen molar-refractivity contribution in [1.29, 1.82) is 0 Å². The van der Waals surface area contributed by atoms with Crippen molar-refractivity contribution in [1.82, 2.24) is 4.98 Å². The molecule has 2 N–H and O–H groups in total. The van der Waals surface area contributed by atoms with Gasteiger partial charge in [-0.3, -0.25) is 4.79 Å². The molecule has 9 heteroatoms. The first kappa shape index (κ1) is 16.7. The SMILES string of the molecule is CCOC(=O)c1sc(NC(=O)c2ncoc2C)c(C(=O)O)c1C. The number of anilines is 1. The Labute approximate surface area is 135 Å². The number of carbonyl (C=O) groups is 3. The number of thiophene rings is 1. The first-order valence-electron chi connectivity index (χ1n) is 6.62. The van der Waals surface area contributed by atoms with Crippen molar-refractivity contribution in [2.45, 2.75) is 20.8 Å². The summed E-state index contributed by atoms with van der Waals surface area (Å²) in [6.45, 7) is 4.86. The van der Waals surface area contributed by atoms with Crippen molar-refractivity contribution in [3.63, 3.8) is 0 Å². The average Bonchev–Trinajstić information content (AvgIpc) is 3.03. The van der Waals surface area contributed by atoms with E-state index in [1.807, 2.05) is 0 Å². The Kier molecular flexibility index (Phi) is 4.80. The summed E-state index contributed by atoms with van der Waals surface area (Å²) in [5, 5.41) is 11.8. The van der Waals surface area contributed by atoms with Crippen LogP contribution in [0.5, 0.6) is 0 Å². The molecule has 8 nitrogen and oxygen atoms in total. The number of carboxylic acids is 1. The highest BCUT2D eigenvalue weighted by Gasteiger charge is 2.27. The van der Waals surface area contributed by atoms with Crippen LogP contribution in [0.25, 0.3) is 0 Å². The van der Waals surface area contributed by atoms with Gasteiger partial charge >= 0.3 is 11.9 Å². The molecule has 0 aliphatic heterocycles. The Morgan fingerprint density at radius 2 is 2.09 bits per heavy atom. The van der Waals surface area contributed by atoms with Gasteiger partial charge < -0.3 is 19.6 Å². The van der Waals surface area contributed by atoms with Gasteiger partial charge in [0.05, 0.1) is 12.2 Å². The van der Waals surface area contributed by atoms with Gasteiger partial charge in [0.15, 0.2) is 12.1 Å². The van der Waals surface area contributed by atoms with E-state index >= 15 is 0 Å². The Morgan fingerprint density at radius 3 is 2.61 bits per heavy atom. The molecule has 2 aromatic rings. The standard InChI is InChI=1S/C14H14N2O6S/c1-4-21-14(20)10-6(2)8(13(18)19)12(23-10)16-11(17)9-7(3)22-5-15-9/h5H,4H2,1-3H3,(H,16,17)(H,18,19). The summed E-state index contributed by atoms with van der Waals surface area (Å²) in [5.74, 6) is -2.19. The van der Waals surface area contributed by atoms with Gasteiger partial charge in [0, 0.05) is 0 Å². The molecule has 0 radical (unpaired) electrons. The zero-order chi connectivity index (χ0) is 17.1. The molecule has 0 spiro atoms. The highest BCUT2D eigenvalue weighted by atomic mass is 32.1. The first-order chi connectivity index (χ1) is 10.9. The number of hydrogen-bond acceptors (Lipinski definition) is 7. The molecule has 0 aliphatic rings. The molecule has 2 aromatic heterocycles. The molecule has 23 heavy (non-hydrogen) atoms. The predicted molar refractivity (Wildman–Crippen MR) is 81.2 cm³/mol. The summed E-state index contributed by atoms with van der Waals surface area (Å²) in [6.07, 6.45) is 1.12. The Hall–Kier alpha value is -2.68. The summed E-state index contributed by atoms with van der Waals surface area (Å²) in [4.78, 5) is 39.4. The highest BCUT2D eigenvalue weighted by Crippen LogP contribution is 2.34. The smallest absolute Gasteiger partial charge is 0.348 e. The minimum Gasteiger partial charge on any atom is -0.478 e. The summed E-state index contributed by atoms with van der Waals surface area (Å²) in [7, 11) is 0. The number of carbonyl (C=O) groups excluding carboxylic acids is 2. The second kappa shape index (κ2) is 6.61. The van der Waals surface area contributed by atoms with Crippen LogP contribution in [0.15, 0.2) is 10.8 Å². The second-order valence-electron chi connectivity index (χ2n) is 4.50. The Bertz CT molecular complexity index is 776. The molecule has 2 heterocycles. The van der Waals surface area contributed by atoms with Gasteiger partial charge in [-0.05, 0) is 26.3 Å². The largest absolute Gasteiger partial charge is 0.478 e. The molecule has 0 aliphatic carbocycles. The molecule has 122 valence electrons. The summed E-state index contributed by atoms with van der Waals surface area (Å²) >= 11 is 0.848. The third kappa shape index (κ3) is 3.24. The number of hydrogen-bond donors (Lipinski definition) is 2. The molecule has 0 atom stereocenters. The average molecular weight is 338 g/mol. The lowest BCUT2D eigenvalue weighted by atomic mass is 10.1. The van der Waals surface area contributed by atoms with Crippen LogP contribution in [-0.2, 0) is 4.74 Å². The number of nitrogens with one attached hydrogen (secondary N) is 1. The molecule has 1 amide bonds. The normalized spacial score (nSPS) is 10.4. The molecule has 2 rings (SSSR count). The van der Waals surface area contributed by atoms with Gasteiger partial charge in [-0.15, -0.1) is 11.3 Å². The summed E-state index contributed by atoms with van der Waals surface area (Å²) in [6, 6.07) is 0. The molecule has 0 aromatic carbocycles. The maximum absolute atomic E-state index is 12.2. The van der Waals surface area contributed by atoms with Crippen LogP contribution >= 0.6 is 11.3 Å². The molecule has 0 bridgehead atoms. The number of amides is 1. The number of nitrogens with zero attached hydrogens (tertiary/aromatic N) is 1. The van der Waals surface area contributed by atoms with Crippen molar-refractivity contribution in [3.8, 4) is 0 Å². The maximum Gasteiger partial charge on any atom is 0.348 e. The molecule has 0 saturated heterocycles. The molecule has 0 fully saturated rings. The number of esters is 1. The van der Waals surface area contributed by atoms with E-state index in [-0.39, 0.29) is 33.3 Å². The van der Waals surface area contributed by atoms with Crippen molar-refractivity contribution in [2.75, 3.05) is 11.9 Å². The van der Waals surface area contributed by atoms with Gasteiger partial charge in [-0.1, -0.05) is 0 Å². The van der Waals surface area contributed by atoms with Crippen molar-refractivity contribution < 1.29 is 28.6 Å². The van der Waals surface area contributed by atoms with E-state index in [9.17, 15) is 19.5 Å². The maximum atomic E-state index is 12.2. The lowest BCUT2D eigenvalue weighted by Gasteiger charge is -2.02. The number of oxazole rings is 1. The van der Waals surface area contributed by atoms with E-state index in [0.29, 0.717) is 5.76 Å². The van der Waals surface area contributed by atoms with Crippen LogP contribution in [0.4, 0.5) is 5.00 Å². The monoisotopic (exact) mass is 338 g/mol. The third-order valence-corrected chi connectivity index (χ3v) is 4.20. The van der Waals surface area contributed by atoms with E-state index < -0.39 is 17.8 Å². The van der Waals surface area contributed by atoms with Crippen LogP contribution in [-0.4, -0.2) is 34.5 Å². The number of aromatic carboxylic acids is 1. The minimum absolute atomic E-state index is 0.0464. The van der Waals surface area contributed by atoms with E-state index in [4.69, 9.17) is 9.15 Å². The van der Waals surface area contributed by atoms with Gasteiger partial charge in [0.2, 0.25) is 0 Å². The second-order valence-corrected chi connectivity index (χ2v) is 5.52. The number of carboxylic acid groups (broad SMARTS) is 1. The van der Waals surface area contributed by atoms with E-state index in [0.717, 1.165) is 17.7 Å². The van der Waals surface area contributed by atoms with Crippen LogP contribution in [0.2, 0.25) is 0 Å². The Morgan fingerprint density at radius 1 is 1.39 bits per heavy atom. The predicted octanol–water partition coefficient (Wildman–Crippen LogP) is 2.48. The number of aromatic nitrogens is 1. The van der Waals surface area contributed by atoms with Gasteiger partial charge in [-0.2, -0.15) is 0 Å². The number of aryl methyl sites for hydroxylation is 1. The first-order valence-corrected chi connectivity index (χ1v) is 7.43. The summed E-state index contributed by atoms with van der Waals surface area (Å²) in [5.41, 5.74) is 0.144. The van der Waals surface area contributed by atoms with Gasteiger partial charge in [0.25, 0.3) is 5.91 Å². The topological polar surface area (TPSA) is 119 Å². The van der Waals surface area contributed by atoms with Crippen LogP contribution in [0, 0.1) is 13.8 Å². The minimum atomic E-state index is -1.25. The zero-order valence-corrected chi connectivity index (χ0v) is 13.4. The quantitative estimate of drug-likeness (QED) is 0.804.